The fourth-order valence-electron chi connectivity index (χ4n) is 4.33. The van der Waals surface area contributed by atoms with Crippen LogP contribution in [0.5, 0.6) is 0 Å². The van der Waals surface area contributed by atoms with Crippen molar-refractivity contribution in [2.45, 2.75) is 28.8 Å². The second kappa shape index (κ2) is 8.12. The molecule has 0 spiro atoms. The first kappa shape index (κ1) is 21.0. The Balaban J connectivity index is 1.58. The first-order chi connectivity index (χ1) is 13.7. The number of carbonyl (C=O) groups is 1. The maximum Gasteiger partial charge on any atom is 0.252 e. The Labute approximate surface area is 188 Å². The summed E-state index contributed by atoms with van der Waals surface area (Å²) in [7, 11) is 0. The number of aromatic nitrogens is 1. The van der Waals surface area contributed by atoms with E-state index in [1.54, 1.807) is 36.4 Å². The Bertz CT molecular complexity index is 971. The van der Waals surface area contributed by atoms with Gasteiger partial charge >= 0.3 is 0 Å². The number of likely N-dealkylation sites (tertiary alicyclic amines) is 1. The highest BCUT2D eigenvalue weighted by molar-refractivity contribution is 6.68. The summed E-state index contributed by atoms with van der Waals surface area (Å²) < 4.78 is 0.122. The number of fused-ring (bicyclic) bond motifs is 4. The van der Waals surface area contributed by atoms with Gasteiger partial charge in [-0.05, 0) is 42.7 Å². The quantitative estimate of drug-likeness (QED) is 0.682. The molecule has 3 heterocycles. The van der Waals surface area contributed by atoms with Crippen LogP contribution in [0.25, 0.3) is 0 Å². The molecule has 154 valence electrons. The number of nitrogens with one attached hydrogen (secondary N) is 1. The number of alkyl halides is 3. The van der Waals surface area contributed by atoms with Crippen LogP contribution < -0.4 is 10.9 Å². The number of hydrogen-bond acceptors (Lipinski definition) is 3. The van der Waals surface area contributed by atoms with E-state index >= 15 is 0 Å². The third kappa shape index (κ3) is 4.44. The minimum atomic E-state index is -1.72. The summed E-state index contributed by atoms with van der Waals surface area (Å²) in [4.78, 5) is 27.0. The molecule has 0 aliphatic carbocycles. The minimum absolute atomic E-state index is 0.0135. The molecule has 0 saturated carbocycles. The van der Waals surface area contributed by atoms with Crippen molar-refractivity contribution >= 4 is 52.3 Å². The van der Waals surface area contributed by atoms with Crippen LogP contribution in [0.15, 0.2) is 47.3 Å². The normalized spacial score (nSPS) is 22.6. The summed E-state index contributed by atoms with van der Waals surface area (Å²) in [5.74, 6) is 0.0349. The van der Waals surface area contributed by atoms with Gasteiger partial charge in [-0.2, -0.15) is 0 Å². The standard InChI is InChI=1S/C20H19Cl4N3O2/c21-15-6-4-13(5-7-15)18(29)25-19(20(22,23)24)26-9-12-8-14(11-26)16-2-1-3-17(28)27(16)10-12/h1-7,12,14,19H,8-11H2,(H,25,29)/t12-,14+,19?/m0/s1. The maximum atomic E-state index is 12.7. The van der Waals surface area contributed by atoms with Crippen LogP contribution in [0, 0.1) is 5.92 Å². The minimum Gasteiger partial charge on any atom is -0.332 e. The summed E-state index contributed by atoms with van der Waals surface area (Å²) in [6, 6.07) is 11.9. The lowest BCUT2D eigenvalue weighted by Crippen LogP contribution is -2.60. The van der Waals surface area contributed by atoms with Crippen LogP contribution in [0.1, 0.15) is 28.4 Å². The van der Waals surface area contributed by atoms with Crippen molar-refractivity contribution in [1.82, 2.24) is 14.8 Å². The molecule has 5 nitrogen and oxygen atoms in total. The second-order valence-electron chi connectivity index (χ2n) is 7.58. The Morgan fingerprint density at radius 2 is 1.79 bits per heavy atom. The van der Waals surface area contributed by atoms with Gasteiger partial charge in [0.25, 0.3) is 11.5 Å². The number of halogens is 4. The van der Waals surface area contributed by atoms with Crippen molar-refractivity contribution in [3.8, 4) is 0 Å². The fraction of sp³-hybridized carbons (Fsp3) is 0.400. The van der Waals surface area contributed by atoms with Gasteiger partial charge < -0.3 is 9.88 Å². The van der Waals surface area contributed by atoms with Gasteiger partial charge in [0.2, 0.25) is 3.79 Å². The van der Waals surface area contributed by atoms with Crippen molar-refractivity contribution in [2.75, 3.05) is 13.1 Å². The zero-order valence-electron chi connectivity index (χ0n) is 15.3. The molecule has 2 aliphatic rings. The van der Waals surface area contributed by atoms with Crippen LogP contribution in [0.2, 0.25) is 5.02 Å². The van der Waals surface area contributed by atoms with Crippen LogP contribution in [-0.2, 0) is 6.54 Å². The molecule has 1 fully saturated rings. The van der Waals surface area contributed by atoms with Crippen molar-refractivity contribution in [3.63, 3.8) is 0 Å². The highest BCUT2D eigenvalue weighted by atomic mass is 35.6. The first-order valence-corrected chi connectivity index (χ1v) is 10.8. The van der Waals surface area contributed by atoms with Gasteiger partial charge in [0.15, 0.2) is 0 Å². The molecule has 29 heavy (non-hydrogen) atoms. The summed E-state index contributed by atoms with van der Waals surface area (Å²) in [5.41, 5.74) is 1.44. The molecule has 1 saturated heterocycles. The van der Waals surface area contributed by atoms with E-state index in [4.69, 9.17) is 46.4 Å². The van der Waals surface area contributed by atoms with E-state index in [0.29, 0.717) is 30.2 Å². The molecule has 1 aromatic heterocycles. The smallest absolute Gasteiger partial charge is 0.252 e. The van der Waals surface area contributed by atoms with E-state index in [0.717, 1.165) is 12.1 Å². The molecule has 4 rings (SSSR count). The number of nitrogens with zero attached hydrogens (tertiary/aromatic N) is 2. The zero-order chi connectivity index (χ0) is 20.8. The number of benzene rings is 1. The molecule has 9 heteroatoms. The lowest BCUT2D eigenvalue weighted by molar-refractivity contribution is 0.0586. The molecule has 0 radical (unpaired) electrons. The molecule has 1 unspecified atom stereocenters. The third-order valence-electron chi connectivity index (χ3n) is 5.56. The molecular weight excluding hydrogens is 456 g/mol. The van der Waals surface area contributed by atoms with E-state index < -0.39 is 9.96 Å². The molecule has 2 bridgehead atoms. The highest BCUT2D eigenvalue weighted by Crippen LogP contribution is 2.40. The van der Waals surface area contributed by atoms with Gasteiger partial charge in [-0.3, -0.25) is 14.5 Å². The Morgan fingerprint density at radius 1 is 1.07 bits per heavy atom. The largest absolute Gasteiger partial charge is 0.332 e. The third-order valence-corrected chi connectivity index (χ3v) is 6.43. The van der Waals surface area contributed by atoms with Crippen molar-refractivity contribution < 1.29 is 4.79 Å². The number of rotatable bonds is 3. The number of piperidine rings is 1. The molecule has 3 atom stereocenters. The van der Waals surface area contributed by atoms with E-state index in [2.05, 4.69) is 5.32 Å². The van der Waals surface area contributed by atoms with Gasteiger partial charge in [-0.15, -0.1) is 0 Å². The maximum absolute atomic E-state index is 12.7. The lowest BCUT2D eigenvalue weighted by atomic mass is 9.83. The summed E-state index contributed by atoms with van der Waals surface area (Å²) in [6.45, 7) is 1.83. The average Bonchev–Trinajstić information content (AvgIpc) is 2.66. The van der Waals surface area contributed by atoms with Crippen molar-refractivity contribution in [1.29, 1.82) is 0 Å². The number of carbonyl (C=O) groups excluding carboxylic acids is 1. The van der Waals surface area contributed by atoms with Gasteiger partial charge in [0, 0.05) is 47.9 Å². The Hall–Kier alpha value is -1.24. The van der Waals surface area contributed by atoms with Gasteiger partial charge in [-0.1, -0.05) is 52.5 Å². The number of amides is 1. The zero-order valence-corrected chi connectivity index (χ0v) is 18.3. The van der Waals surface area contributed by atoms with Gasteiger partial charge in [0.1, 0.15) is 6.17 Å². The predicted octanol–water partition coefficient (Wildman–Crippen LogP) is 4.05. The Kier molecular flexibility index (Phi) is 5.88. The molecule has 1 aromatic carbocycles. The molecule has 2 aliphatic heterocycles. The lowest BCUT2D eigenvalue weighted by Gasteiger charge is -2.47. The number of hydrogen-bond donors (Lipinski definition) is 1. The summed E-state index contributed by atoms with van der Waals surface area (Å²) >= 11 is 24.7. The average molecular weight is 475 g/mol. The number of pyridine rings is 1. The van der Waals surface area contributed by atoms with Crippen molar-refractivity contribution in [2.24, 2.45) is 5.92 Å². The summed E-state index contributed by atoms with van der Waals surface area (Å²) in [5, 5.41) is 3.41. The van der Waals surface area contributed by atoms with Gasteiger partial charge in [0.05, 0.1) is 0 Å². The topological polar surface area (TPSA) is 54.3 Å². The SMILES string of the molecule is O=C(NC(N1C[C@@H]2C[C@H](C1)c1cccc(=O)n1C2)C(Cl)(Cl)Cl)c1ccc(Cl)cc1. The summed E-state index contributed by atoms with van der Waals surface area (Å²) in [6.07, 6.45) is 0.167. The monoisotopic (exact) mass is 473 g/mol. The van der Waals surface area contributed by atoms with E-state index in [9.17, 15) is 9.59 Å². The second-order valence-corrected chi connectivity index (χ2v) is 10.4. The fourth-order valence-corrected chi connectivity index (χ4v) is 5.04. The first-order valence-electron chi connectivity index (χ1n) is 9.29. The van der Waals surface area contributed by atoms with Crippen LogP contribution in [0.3, 0.4) is 0 Å². The molecule has 1 amide bonds. The van der Waals surface area contributed by atoms with Gasteiger partial charge in [-0.25, -0.2) is 0 Å². The van der Waals surface area contributed by atoms with E-state index in [1.807, 2.05) is 15.5 Å². The van der Waals surface area contributed by atoms with Crippen molar-refractivity contribution in [3.05, 3.63) is 69.1 Å². The molecular formula is C20H19Cl4N3O2. The predicted molar refractivity (Wildman–Crippen MR) is 116 cm³/mol. The van der Waals surface area contributed by atoms with E-state index in [1.165, 1.54) is 0 Å². The van der Waals surface area contributed by atoms with E-state index in [-0.39, 0.29) is 23.3 Å². The van der Waals surface area contributed by atoms with Crippen LogP contribution >= 0.6 is 46.4 Å². The Morgan fingerprint density at radius 3 is 2.48 bits per heavy atom. The molecule has 2 aromatic rings. The van der Waals surface area contributed by atoms with Crippen LogP contribution in [0.4, 0.5) is 0 Å². The highest BCUT2D eigenvalue weighted by Gasteiger charge is 2.44. The van der Waals surface area contributed by atoms with Crippen LogP contribution in [-0.4, -0.2) is 38.4 Å². The molecule has 1 N–H and O–H groups in total.